The van der Waals surface area contributed by atoms with Gasteiger partial charge in [0.2, 0.25) is 0 Å². The lowest BCUT2D eigenvalue weighted by molar-refractivity contribution is -0.143. The van der Waals surface area contributed by atoms with Gasteiger partial charge in [0.15, 0.2) is 6.79 Å². The second-order valence-electron chi connectivity index (χ2n) is 5.37. The highest BCUT2D eigenvalue weighted by atomic mass is 16.7. The minimum atomic E-state index is -0.845. The lowest BCUT2D eigenvalue weighted by Gasteiger charge is -2.28. The summed E-state index contributed by atoms with van der Waals surface area (Å²) >= 11 is 0. The predicted octanol–water partition coefficient (Wildman–Crippen LogP) is 2.46. The monoisotopic (exact) mass is 278 g/mol. The maximum Gasteiger partial charge on any atom is 0.314 e. The van der Waals surface area contributed by atoms with E-state index in [4.69, 9.17) is 14.2 Å². The van der Waals surface area contributed by atoms with Crippen LogP contribution >= 0.6 is 0 Å². The number of methoxy groups -OCH3 is 1. The van der Waals surface area contributed by atoms with Gasteiger partial charge in [0, 0.05) is 11.1 Å². The first kappa shape index (κ1) is 13.2. The second-order valence-corrected chi connectivity index (χ2v) is 5.37. The molecule has 3 rings (SSSR count). The fraction of sp³-hybridized carbons (Fsp3) is 0.533. The number of benzene rings is 1. The molecule has 1 aromatic rings. The quantitative estimate of drug-likeness (QED) is 0.920. The third kappa shape index (κ3) is 1.93. The molecule has 0 spiro atoms. The molecule has 0 radical (unpaired) electrons. The van der Waals surface area contributed by atoms with E-state index in [0.29, 0.717) is 30.9 Å². The van der Waals surface area contributed by atoms with Crippen molar-refractivity contribution in [3.8, 4) is 11.5 Å². The van der Waals surface area contributed by atoms with E-state index in [-0.39, 0.29) is 6.79 Å². The zero-order valence-electron chi connectivity index (χ0n) is 11.5. The highest BCUT2D eigenvalue weighted by molar-refractivity contribution is 5.83. The molecule has 2 aliphatic rings. The van der Waals surface area contributed by atoms with Crippen molar-refractivity contribution in [2.24, 2.45) is 0 Å². The summed E-state index contributed by atoms with van der Waals surface area (Å²) in [6.45, 7) is 0.672. The molecular weight excluding hydrogens is 260 g/mol. The topological polar surface area (TPSA) is 65.0 Å². The number of ether oxygens (including phenoxy) is 3. The van der Waals surface area contributed by atoms with Crippen LogP contribution < -0.4 is 9.47 Å². The molecule has 1 heterocycles. The summed E-state index contributed by atoms with van der Waals surface area (Å²) < 4.78 is 16.1. The maximum atomic E-state index is 11.8. The van der Waals surface area contributed by atoms with Gasteiger partial charge in [0.25, 0.3) is 0 Å². The van der Waals surface area contributed by atoms with Gasteiger partial charge in [0.1, 0.15) is 11.5 Å². The summed E-state index contributed by atoms with van der Waals surface area (Å²) in [5.74, 6) is 0.544. The molecule has 20 heavy (non-hydrogen) atoms. The number of hydrogen-bond donors (Lipinski definition) is 1. The minimum absolute atomic E-state index is 0.207. The van der Waals surface area contributed by atoms with Crippen molar-refractivity contribution in [1.29, 1.82) is 0 Å². The van der Waals surface area contributed by atoms with Gasteiger partial charge in [-0.15, -0.1) is 0 Å². The first-order valence-electron chi connectivity index (χ1n) is 6.83. The maximum absolute atomic E-state index is 11.8. The van der Waals surface area contributed by atoms with Gasteiger partial charge in [-0.3, -0.25) is 4.79 Å². The molecule has 1 aliphatic carbocycles. The fourth-order valence-corrected chi connectivity index (χ4v) is 3.23. The van der Waals surface area contributed by atoms with Crippen LogP contribution in [0.25, 0.3) is 0 Å². The Kier molecular flexibility index (Phi) is 3.30. The summed E-state index contributed by atoms with van der Waals surface area (Å²) in [6.07, 6.45) is 3.15. The molecule has 5 heteroatoms. The zero-order valence-corrected chi connectivity index (χ0v) is 11.5. The van der Waals surface area contributed by atoms with Crippen LogP contribution in [-0.4, -0.2) is 25.0 Å². The van der Waals surface area contributed by atoms with E-state index in [1.807, 2.05) is 12.1 Å². The van der Waals surface area contributed by atoms with Crippen LogP contribution in [0.3, 0.4) is 0 Å². The lowest BCUT2D eigenvalue weighted by atomic mass is 9.78. The third-order valence-corrected chi connectivity index (χ3v) is 4.32. The Hall–Kier alpha value is -1.75. The summed E-state index contributed by atoms with van der Waals surface area (Å²) in [6, 6.07) is 3.67. The van der Waals surface area contributed by atoms with Gasteiger partial charge in [0.05, 0.1) is 19.1 Å². The van der Waals surface area contributed by atoms with E-state index >= 15 is 0 Å². The fourth-order valence-electron chi connectivity index (χ4n) is 3.23. The van der Waals surface area contributed by atoms with Crippen molar-refractivity contribution >= 4 is 5.97 Å². The molecule has 0 atom stereocenters. The number of carboxylic acid groups (broad SMARTS) is 1. The summed E-state index contributed by atoms with van der Waals surface area (Å²) in [7, 11) is 1.57. The second kappa shape index (κ2) is 4.98. The Labute approximate surface area is 117 Å². The van der Waals surface area contributed by atoms with Crippen molar-refractivity contribution in [1.82, 2.24) is 0 Å². The zero-order chi connectivity index (χ0) is 14.2. The molecule has 1 fully saturated rings. The van der Waals surface area contributed by atoms with Crippen LogP contribution in [-0.2, 0) is 21.6 Å². The summed E-state index contributed by atoms with van der Waals surface area (Å²) in [5, 5.41) is 9.72. The molecule has 0 bridgehead atoms. The highest BCUT2D eigenvalue weighted by Gasteiger charge is 2.45. The Morgan fingerprint density at radius 1 is 1.35 bits per heavy atom. The van der Waals surface area contributed by atoms with E-state index in [1.54, 1.807) is 7.11 Å². The van der Waals surface area contributed by atoms with Crippen molar-refractivity contribution in [2.45, 2.75) is 37.7 Å². The number of hydrogen-bond acceptors (Lipinski definition) is 4. The van der Waals surface area contributed by atoms with E-state index in [2.05, 4.69) is 0 Å². The van der Waals surface area contributed by atoms with E-state index in [9.17, 15) is 9.90 Å². The van der Waals surface area contributed by atoms with E-state index in [1.165, 1.54) is 0 Å². The molecule has 108 valence electrons. The third-order valence-electron chi connectivity index (χ3n) is 4.32. The number of fused-ring (bicyclic) bond motifs is 1. The summed E-state index contributed by atoms with van der Waals surface area (Å²) in [4.78, 5) is 11.8. The molecule has 1 N–H and O–H groups in total. The number of carboxylic acids is 1. The van der Waals surface area contributed by atoms with Crippen LogP contribution in [0.1, 0.15) is 36.8 Å². The van der Waals surface area contributed by atoms with Crippen LogP contribution in [0.15, 0.2) is 12.1 Å². The Morgan fingerprint density at radius 2 is 2.10 bits per heavy atom. The molecule has 1 aromatic carbocycles. The minimum Gasteiger partial charge on any atom is -0.496 e. The lowest BCUT2D eigenvalue weighted by Crippen LogP contribution is -2.33. The Bertz CT molecular complexity index is 531. The largest absolute Gasteiger partial charge is 0.496 e. The number of carbonyl (C=O) groups is 1. The van der Waals surface area contributed by atoms with Crippen LogP contribution in [0.4, 0.5) is 0 Å². The van der Waals surface area contributed by atoms with Crippen molar-refractivity contribution in [3.05, 3.63) is 23.3 Å². The standard InChI is InChI=1S/C15H18O5/c1-18-13-6-10-8-19-9-20-12(10)7-11(13)15(14(16)17)4-2-3-5-15/h6-7H,2-5,8-9H2,1H3,(H,16,17). The van der Waals surface area contributed by atoms with Crippen molar-refractivity contribution in [2.75, 3.05) is 13.9 Å². The molecule has 1 aliphatic heterocycles. The summed E-state index contributed by atoms with van der Waals surface area (Å²) in [5.41, 5.74) is 0.781. The average Bonchev–Trinajstić information content (AvgIpc) is 2.96. The molecule has 5 nitrogen and oxygen atoms in total. The molecule has 0 aromatic heterocycles. The average molecular weight is 278 g/mol. The van der Waals surface area contributed by atoms with E-state index < -0.39 is 11.4 Å². The molecule has 0 amide bonds. The van der Waals surface area contributed by atoms with E-state index in [0.717, 1.165) is 24.0 Å². The van der Waals surface area contributed by atoms with Crippen molar-refractivity contribution < 1.29 is 24.1 Å². The van der Waals surface area contributed by atoms with Gasteiger partial charge in [-0.1, -0.05) is 12.8 Å². The molecule has 1 saturated carbocycles. The predicted molar refractivity (Wildman–Crippen MR) is 71.1 cm³/mol. The Balaban J connectivity index is 2.14. The van der Waals surface area contributed by atoms with Gasteiger partial charge in [-0.2, -0.15) is 0 Å². The van der Waals surface area contributed by atoms with Crippen LogP contribution in [0.5, 0.6) is 11.5 Å². The SMILES string of the molecule is COc1cc2c(cc1C1(C(=O)O)CCCC1)OCOC2. The first-order chi connectivity index (χ1) is 9.67. The van der Waals surface area contributed by atoms with Crippen molar-refractivity contribution in [3.63, 3.8) is 0 Å². The Morgan fingerprint density at radius 3 is 2.75 bits per heavy atom. The van der Waals surface area contributed by atoms with Gasteiger partial charge in [-0.05, 0) is 25.0 Å². The molecular formula is C15H18O5. The molecule has 0 saturated heterocycles. The van der Waals surface area contributed by atoms with Gasteiger partial charge in [-0.25, -0.2) is 0 Å². The smallest absolute Gasteiger partial charge is 0.314 e. The van der Waals surface area contributed by atoms with Crippen LogP contribution in [0.2, 0.25) is 0 Å². The molecule has 0 unspecified atom stereocenters. The first-order valence-corrected chi connectivity index (χ1v) is 6.83. The van der Waals surface area contributed by atoms with Gasteiger partial charge >= 0.3 is 5.97 Å². The number of aliphatic carboxylic acids is 1. The normalized spacial score (nSPS) is 20.1. The van der Waals surface area contributed by atoms with Crippen LogP contribution in [0, 0.1) is 0 Å². The number of rotatable bonds is 3. The highest BCUT2D eigenvalue weighted by Crippen LogP contribution is 2.47. The van der Waals surface area contributed by atoms with Gasteiger partial charge < -0.3 is 19.3 Å².